The first kappa shape index (κ1) is 18.3. The van der Waals surface area contributed by atoms with Gasteiger partial charge in [-0.15, -0.1) is 22.7 Å². The second-order valence-electron chi connectivity index (χ2n) is 5.58. The zero-order valence-electron chi connectivity index (χ0n) is 14.5. The van der Waals surface area contributed by atoms with Crippen molar-refractivity contribution in [2.45, 2.75) is 26.8 Å². The van der Waals surface area contributed by atoms with Gasteiger partial charge in [-0.1, -0.05) is 11.2 Å². The lowest BCUT2D eigenvalue weighted by Gasteiger charge is -2.02. The maximum Gasteiger partial charge on any atom is 0.265 e. The molecule has 0 aliphatic rings. The van der Waals surface area contributed by atoms with E-state index < -0.39 is 0 Å². The summed E-state index contributed by atoms with van der Waals surface area (Å²) in [5, 5.41) is 12.9. The molecule has 1 N–H and O–H groups in total. The number of oxime groups is 1. The Balaban J connectivity index is 1.44. The van der Waals surface area contributed by atoms with Gasteiger partial charge < -0.3 is 10.2 Å². The molecule has 26 heavy (non-hydrogen) atoms. The standard InChI is InChI=1S/C17H19N5O2S2/c1-12-16(26-11-18-12)5-6-22-9-14(8-19-22)20-17(23)10-24-21-13(2)15-4-3-7-25-15/h3-4,7-9,11H,5-6,10H2,1-2H3,(H,20,23). The number of thiophene rings is 1. The molecule has 1 amide bonds. The number of hydrogen-bond acceptors (Lipinski definition) is 7. The summed E-state index contributed by atoms with van der Waals surface area (Å²) in [7, 11) is 0. The number of nitrogens with one attached hydrogen (secondary N) is 1. The third kappa shape index (κ3) is 4.99. The van der Waals surface area contributed by atoms with Crippen molar-refractivity contribution >= 4 is 40.0 Å². The van der Waals surface area contributed by atoms with Gasteiger partial charge in [-0.25, -0.2) is 4.98 Å². The van der Waals surface area contributed by atoms with Gasteiger partial charge in [-0.3, -0.25) is 9.48 Å². The summed E-state index contributed by atoms with van der Waals surface area (Å²) < 4.78 is 1.80. The summed E-state index contributed by atoms with van der Waals surface area (Å²) in [6, 6.07) is 3.90. The Labute approximate surface area is 159 Å². The van der Waals surface area contributed by atoms with E-state index in [0.717, 1.165) is 29.2 Å². The quantitative estimate of drug-likeness (QED) is 0.473. The van der Waals surface area contributed by atoms with Crippen LogP contribution in [0.1, 0.15) is 22.4 Å². The SMILES string of the molecule is CC(=NOCC(=O)Nc1cnn(CCc2scnc2C)c1)c1cccs1. The molecule has 3 aromatic heterocycles. The zero-order valence-corrected chi connectivity index (χ0v) is 16.1. The average Bonchev–Trinajstić information content (AvgIpc) is 3.35. The lowest BCUT2D eigenvalue weighted by molar-refractivity contribution is -0.120. The smallest absolute Gasteiger partial charge is 0.265 e. The Morgan fingerprint density at radius 2 is 2.31 bits per heavy atom. The molecule has 3 heterocycles. The molecule has 0 spiro atoms. The Hall–Kier alpha value is -2.52. The summed E-state index contributed by atoms with van der Waals surface area (Å²) in [5.74, 6) is -0.273. The molecule has 136 valence electrons. The minimum absolute atomic E-state index is 0.145. The van der Waals surface area contributed by atoms with Gasteiger partial charge in [-0.2, -0.15) is 5.10 Å². The number of carbonyl (C=O) groups is 1. The van der Waals surface area contributed by atoms with Crippen LogP contribution >= 0.6 is 22.7 Å². The van der Waals surface area contributed by atoms with Gasteiger partial charge in [0, 0.05) is 24.0 Å². The summed E-state index contributed by atoms with van der Waals surface area (Å²) in [6.07, 6.45) is 4.29. The second kappa shape index (κ2) is 8.72. The fourth-order valence-electron chi connectivity index (χ4n) is 2.25. The van der Waals surface area contributed by atoms with Crippen molar-refractivity contribution in [2.24, 2.45) is 5.16 Å². The first-order valence-electron chi connectivity index (χ1n) is 8.03. The highest BCUT2D eigenvalue weighted by Gasteiger charge is 2.07. The number of rotatable bonds is 8. The molecule has 0 aliphatic carbocycles. The van der Waals surface area contributed by atoms with Gasteiger partial charge >= 0.3 is 0 Å². The molecule has 0 aromatic carbocycles. The Kier molecular flexibility index (Phi) is 6.13. The number of nitrogens with zero attached hydrogens (tertiary/aromatic N) is 4. The predicted molar refractivity (Wildman–Crippen MR) is 104 cm³/mol. The van der Waals surface area contributed by atoms with E-state index >= 15 is 0 Å². The van der Waals surface area contributed by atoms with Crippen LogP contribution in [0.4, 0.5) is 5.69 Å². The second-order valence-corrected chi connectivity index (χ2v) is 7.47. The molecular formula is C17H19N5O2S2. The van der Waals surface area contributed by atoms with Crippen LogP contribution in [0.5, 0.6) is 0 Å². The molecule has 0 unspecified atom stereocenters. The van der Waals surface area contributed by atoms with E-state index in [1.54, 1.807) is 39.7 Å². The molecule has 0 radical (unpaired) electrons. The van der Waals surface area contributed by atoms with Gasteiger partial charge in [0.25, 0.3) is 5.91 Å². The summed E-state index contributed by atoms with van der Waals surface area (Å²) in [5.41, 5.74) is 4.30. The largest absolute Gasteiger partial charge is 0.385 e. The van der Waals surface area contributed by atoms with E-state index in [-0.39, 0.29) is 12.5 Å². The first-order chi connectivity index (χ1) is 12.6. The van der Waals surface area contributed by atoms with Crippen LogP contribution in [0.25, 0.3) is 0 Å². The van der Waals surface area contributed by atoms with Crippen LogP contribution in [0.3, 0.4) is 0 Å². The molecular weight excluding hydrogens is 370 g/mol. The number of aromatic nitrogens is 3. The van der Waals surface area contributed by atoms with Crippen LogP contribution in [-0.4, -0.2) is 33.0 Å². The van der Waals surface area contributed by atoms with E-state index in [2.05, 4.69) is 20.6 Å². The normalized spacial score (nSPS) is 11.5. The number of carbonyl (C=O) groups excluding carboxylic acids is 1. The van der Waals surface area contributed by atoms with Crippen molar-refractivity contribution in [1.82, 2.24) is 14.8 Å². The molecule has 0 fully saturated rings. The van der Waals surface area contributed by atoms with Crippen LogP contribution in [-0.2, 0) is 22.6 Å². The number of hydrogen-bond donors (Lipinski definition) is 1. The van der Waals surface area contributed by atoms with Gasteiger partial charge in [0.1, 0.15) is 0 Å². The fourth-order valence-corrected chi connectivity index (χ4v) is 3.69. The Morgan fingerprint density at radius 3 is 3.04 bits per heavy atom. The predicted octanol–water partition coefficient (Wildman–Crippen LogP) is 3.33. The molecule has 3 rings (SSSR count). The van der Waals surface area contributed by atoms with Crippen molar-refractivity contribution in [2.75, 3.05) is 11.9 Å². The van der Waals surface area contributed by atoms with E-state index in [0.29, 0.717) is 5.69 Å². The van der Waals surface area contributed by atoms with Gasteiger partial charge in [0.15, 0.2) is 6.61 Å². The van der Waals surface area contributed by atoms with Crippen LogP contribution < -0.4 is 5.32 Å². The topological polar surface area (TPSA) is 81.4 Å². The zero-order chi connectivity index (χ0) is 18.4. The van der Waals surface area contributed by atoms with Crippen molar-refractivity contribution in [3.63, 3.8) is 0 Å². The van der Waals surface area contributed by atoms with Crippen LogP contribution in [0, 0.1) is 6.92 Å². The lowest BCUT2D eigenvalue weighted by Crippen LogP contribution is -2.17. The molecule has 3 aromatic rings. The van der Waals surface area contributed by atoms with Gasteiger partial charge in [0.2, 0.25) is 0 Å². The molecule has 0 saturated heterocycles. The number of thiazole rings is 1. The third-order valence-corrected chi connectivity index (χ3v) is 5.58. The Morgan fingerprint density at radius 1 is 1.42 bits per heavy atom. The third-order valence-electron chi connectivity index (χ3n) is 3.60. The molecule has 0 atom stereocenters. The highest BCUT2D eigenvalue weighted by molar-refractivity contribution is 7.12. The first-order valence-corrected chi connectivity index (χ1v) is 9.79. The molecule has 7 nitrogen and oxygen atoms in total. The highest BCUT2D eigenvalue weighted by atomic mass is 32.1. The number of anilines is 1. The summed E-state index contributed by atoms with van der Waals surface area (Å²) in [4.78, 5) is 23.6. The maximum atomic E-state index is 11.9. The minimum atomic E-state index is -0.273. The van der Waals surface area contributed by atoms with E-state index in [4.69, 9.17) is 4.84 Å². The monoisotopic (exact) mass is 389 g/mol. The minimum Gasteiger partial charge on any atom is -0.385 e. The van der Waals surface area contributed by atoms with E-state index in [9.17, 15) is 4.79 Å². The molecule has 9 heteroatoms. The van der Waals surface area contributed by atoms with E-state index in [1.807, 2.05) is 36.9 Å². The van der Waals surface area contributed by atoms with Crippen LogP contribution in [0.15, 0.2) is 40.6 Å². The summed E-state index contributed by atoms with van der Waals surface area (Å²) in [6.45, 7) is 4.44. The van der Waals surface area contributed by atoms with Crippen molar-refractivity contribution in [1.29, 1.82) is 0 Å². The Bertz CT molecular complexity index is 883. The maximum absolute atomic E-state index is 11.9. The highest BCUT2D eigenvalue weighted by Crippen LogP contribution is 2.14. The van der Waals surface area contributed by atoms with Crippen molar-refractivity contribution in [3.8, 4) is 0 Å². The molecule has 0 bridgehead atoms. The van der Waals surface area contributed by atoms with Gasteiger partial charge in [0.05, 0.1) is 33.7 Å². The van der Waals surface area contributed by atoms with Crippen molar-refractivity contribution < 1.29 is 9.63 Å². The van der Waals surface area contributed by atoms with Crippen molar-refractivity contribution in [3.05, 3.63) is 50.9 Å². The lowest BCUT2D eigenvalue weighted by atomic mass is 10.3. The molecule has 0 aliphatic heterocycles. The number of amides is 1. The fraction of sp³-hybridized carbons (Fsp3) is 0.294. The average molecular weight is 390 g/mol. The van der Waals surface area contributed by atoms with E-state index in [1.165, 1.54) is 4.88 Å². The van der Waals surface area contributed by atoms with Crippen LogP contribution in [0.2, 0.25) is 0 Å². The molecule has 0 saturated carbocycles. The van der Waals surface area contributed by atoms with Gasteiger partial charge in [-0.05, 0) is 25.3 Å². The number of aryl methyl sites for hydroxylation is 3. The summed E-state index contributed by atoms with van der Waals surface area (Å²) >= 11 is 3.22.